The number of carbonyl (C=O) groups is 1. The number of carboxylic acid groups (broad SMARTS) is 1. The van der Waals surface area contributed by atoms with Gasteiger partial charge in [0.1, 0.15) is 5.56 Å². The van der Waals surface area contributed by atoms with Crippen LogP contribution in [0.3, 0.4) is 0 Å². The smallest absolute Gasteiger partial charge is 0.338 e. The van der Waals surface area contributed by atoms with E-state index in [2.05, 4.69) is 20.7 Å². The molecule has 1 aromatic carbocycles. The summed E-state index contributed by atoms with van der Waals surface area (Å²) in [5, 5.41) is 8.59. The minimum absolute atomic E-state index is 0.0909. The fourth-order valence-electron chi connectivity index (χ4n) is 0.868. The van der Waals surface area contributed by atoms with E-state index in [1.54, 1.807) is 0 Å². The van der Waals surface area contributed by atoms with Crippen LogP contribution < -0.4 is 4.74 Å². The summed E-state index contributed by atoms with van der Waals surface area (Å²) >= 11 is 3.05. The molecule has 0 spiro atoms. The first-order valence-corrected chi connectivity index (χ1v) is 4.12. The van der Waals surface area contributed by atoms with Crippen molar-refractivity contribution in [1.82, 2.24) is 0 Å². The number of aromatic carboxylic acids is 1. The van der Waals surface area contributed by atoms with Crippen molar-refractivity contribution in [2.75, 3.05) is 7.11 Å². The summed E-state index contributed by atoms with van der Waals surface area (Å²) in [6.45, 7) is 0. The molecule has 3 nitrogen and oxygen atoms in total. The molecular weight excluding hydrogens is 243 g/mol. The maximum atomic E-state index is 13.2. The zero-order valence-electron chi connectivity index (χ0n) is 6.67. The minimum atomic E-state index is -1.32. The second-order valence-corrected chi connectivity index (χ2v) is 3.19. The summed E-state index contributed by atoms with van der Waals surface area (Å²) < 4.78 is 18.3. The van der Waals surface area contributed by atoms with Crippen LogP contribution in [-0.4, -0.2) is 18.2 Å². The van der Waals surface area contributed by atoms with E-state index in [1.165, 1.54) is 19.2 Å². The summed E-state index contributed by atoms with van der Waals surface area (Å²) in [4.78, 5) is 10.5. The molecule has 70 valence electrons. The van der Waals surface area contributed by atoms with Gasteiger partial charge in [0.2, 0.25) is 0 Å². The van der Waals surface area contributed by atoms with Gasteiger partial charge in [-0.3, -0.25) is 0 Å². The SMILES string of the molecule is COc1cc(Br)cc(C(=O)O)c1F. The Kier molecular flexibility index (Phi) is 2.87. The number of halogens is 2. The second kappa shape index (κ2) is 3.74. The number of rotatable bonds is 2. The lowest BCUT2D eigenvalue weighted by molar-refractivity contribution is 0.0691. The highest BCUT2D eigenvalue weighted by Crippen LogP contribution is 2.25. The third-order valence-corrected chi connectivity index (χ3v) is 1.91. The number of methoxy groups -OCH3 is 1. The molecule has 0 aliphatic heterocycles. The zero-order chi connectivity index (χ0) is 10.0. The van der Waals surface area contributed by atoms with Gasteiger partial charge in [0.05, 0.1) is 7.11 Å². The molecule has 0 bridgehead atoms. The van der Waals surface area contributed by atoms with Crippen LogP contribution in [0.15, 0.2) is 16.6 Å². The van der Waals surface area contributed by atoms with E-state index in [0.717, 1.165) is 0 Å². The highest BCUT2D eigenvalue weighted by molar-refractivity contribution is 9.10. The van der Waals surface area contributed by atoms with E-state index >= 15 is 0 Å². The van der Waals surface area contributed by atoms with Crippen molar-refractivity contribution in [1.29, 1.82) is 0 Å². The lowest BCUT2D eigenvalue weighted by atomic mass is 10.2. The van der Waals surface area contributed by atoms with E-state index in [1.807, 2.05) is 0 Å². The number of carboxylic acids is 1. The Balaban J connectivity index is 3.35. The van der Waals surface area contributed by atoms with Crippen LogP contribution in [0.5, 0.6) is 5.75 Å². The molecular formula is C8H6BrFO3. The van der Waals surface area contributed by atoms with Crippen molar-refractivity contribution in [2.24, 2.45) is 0 Å². The first-order chi connectivity index (χ1) is 6.06. The summed E-state index contributed by atoms with van der Waals surface area (Å²) in [5.41, 5.74) is -0.411. The van der Waals surface area contributed by atoms with Crippen LogP contribution in [-0.2, 0) is 0 Å². The van der Waals surface area contributed by atoms with Gasteiger partial charge in [-0.1, -0.05) is 15.9 Å². The van der Waals surface area contributed by atoms with Crippen LogP contribution in [0.25, 0.3) is 0 Å². The highest BCUT2D eigenvalue weighted by Gasteiger charge is 2.15. The van der Waals surface area contributed by atoms with Crippen LogP contribution >= 0.6 is 15.9 Å². The molecule has 13 heavy (non-hydrogen) atoms. The van der Waals surface area contributed by atoms with Gasteiger partial charge < -0.3 is 9.84 Å². The molecule has 0 amide bonds. The van der Waals surface area contributed by atoms with E-state index < -0.39 is 17.3 Å². The van der Waals surface area contributed by atoms with Crippen molar-refractivity contribution >= 4 is 21.9 Å². The van der Waals surface area contributed by atoms with Crippen molar-refractivity contribution in [3.05, 3.63) is 28.0 Å². The number of ether oxygens (including phenoxy) is 1. The second-order valence-electron chi connectivity index (χ2n) is 2.27. The first-order valence-electron chi connectivity index (χ1n) is 3.32. The molecule has 0 aliphatic carbocycles. The molecule has 0 heterocycles. The van der Waals surface area contributed by atoms with E-state index in [9.17, 15) is 9.18 Å². The Hall–Kier alpha value is -1.10. The van der Waals surface area contributed by atoms with Crippen molar-refractivity contribution in [3.63, 3.8) is 0 Å². The molecule has 1 aromatic rings. The molecule has 0 aliphatic rings. The van der Waals surface area contributed by atoms with Crippen LogP contribution in [0.2, 0.25) is 0 Å². The maximum Gasteiger partial charge on any atom is 0.338 e. The monoisotopic (exact) mass is 248 g/mol. The Morgan fingerprint density at radius 3 is 2.69 bits per heavy atom. The van der Waals surface area contributed by atoms with Crippen molar-refractivity contribution in [2.45, 2.75) is 0 Å². The van der Waals surface area contributed by atoms with Crippen molar-refractivity contribution < 1.29 is 19.0 Å². The van der Waals surface area contributed by atoms with Gasteiger partial charge in [-0.25, -0.2) is 9.18 Å². The van der Waals surface area contributed by atoms with E-state index in [0.29, 0.717) is 4.47 Å². The summed E-state index contributed by atoms with van der Waals surface area (Å²) in [6.07, 6.45) is 0. The number of hydrogen-bond acceptors (Lipinski definition) is 2. The van der Waals surface area contributed by atoms with Crippen LogP contribution in [0.4, 0.5) is 4.39 Å². The molecule has 1 N–H and O–H groups in total. The standard InChI is InChI=1S/C8H6BrFO3/c1-13-6-3-4(9)2-5(7(6)10)8(11)12/h2-3H,1H3,(H,11,12). The van der Waals surface area contributed by atoms with Crippen LogP contribution in [0.1, 0.15) is 10.4 Å². The number of hydrogen-bond donors (Lipinski definition) is 1. The molecule has 0 fully saturated rings. The quantitative estimate of drug-likeness (QED) is 0.874. The third kappa shape index (κ3) is 1.98. The van der Waals surface area contributed by atoms with Gasteiger partial charge in [-0.15, -0.1) is 0 Å². The lowest BCUT2D eigenvalue weighted by Crippen LogP contribution is -2.02. The predicted molar refractivity (Wildman–Crippen MR) is 47.6 cm³/mol. The van der Waals surface area contributed by atoms with Gasteiger partial charge >= 0.3 is 5.97 Å². The normalized spacial score (nSPS) is 9.77. The fraction of sp³-hybridized carbons (Fsp3) is 0.125. The fourth-order valence-corrected chi connectivity index (χ4v) is 1.31. The zero-order valence-corrected chi connectivity index (χ0v) is 8.26. The van der Waals surface area contributed by atoms with Crippen molar-refractivity contribution in [3.8, 4) is 5.75 Å². The Bertz CT molecular complexity index is 351. The molecule has 1 rings (SSSR count). The average molecular weight is 249 g/mol. The highest BCUT2D eigenvalue weighted by atomic mass is 79.9. The summed E-state index contributed by atoms with van der Waals surface area (Å²) in [6, 6.07) is 2.54. The van der Waals surface area contributed by atoms with Crippen LogP contribution in [0, 0.1) is 5.82 Å². The van der Waals surface area contributed by atoms with Gasteiger partial charge in [0, 0.05) is 4.47 Å². The third-order valence-electron chi connectivity index (χ3n) is 1.45. The summed E-state index contributed by atoms with van der Waals surface area (Å²) in [7, 11) is 1.27. The van der Waals surface area contributed by atoms with Gasteiger partial charge in [-0.05, 0) is 12.1 Å². The molecule has 0 atom stereocenters. The molecule has 0 saturated carbocycles. The predicted octanol–water partition coefficient (Wildman–Crippen LogP) is 2.29. The van der Waals surface area contributed by atoms with Gasteiger partial charge in [-0.2, -0.15) is 0 Å². The Morgan fingerprint density at radius 2 is 2.23 bits per heavy atom. The van der Waals surface area contributed by atoms with E-state index in [4.69, 9.17) is 5.11 Å². The maximum absolute atomic E-state index is 13.2. The molecule has 0 unspecified atom stereocenters. The number of benzene rings is 1. The molecule has 0 radical (unpaired) electrons. The lowest BCUT2D eigenvalue weighted by Gasteiger charge is -2.04. The average Bonchev–Trinajstić information content (AvgIpc) is 2.08. The topological polar surface area (TPSA) is 46.5 Å². The molecule has 0 aromatic heterocycles. The van der Waals surface area contributed by atoms with Gasteiger partial charge in [0.25, 0.3) is 0 Å². The Labute approximate surface area is 82.3 Å². The molecule has 0 saturated heterocycles. The van der Waals surface area contributed by atoms with Gasteiger partial charge in [0.15, 0.2) is 11.6 Å². The Morgan fingerprint density at radius 1 is 1.62 bits per heavy atom. The summed E-state index contributed by atoms with van der Waals surface area (Å²) in [5.74, 6) is -2.28. The first kappa shape index (κ1) is 9.98. The van der Waals surface area contributed by atoms with E-state index in [-0.39, 0.29) is 5.75 Å². The largest absolute Gasteiger partial charge is 0.494 e. The molecule has 5 heteroatoms. The minimum Gasteiger partial charge on any atom is -0.494 e.